The highest BCUT2D eigenvalue weighted by molar-refractivity contribution is 7.91. The molecule has 2 aliphatic rings. The lowest BCUT2D eigenvalue weighted by atomic mass is 9.98. The normalized spacial score (nSPS) is 16.7. The molecule has 5 rings (SSSR count). The maximum absolute atomic E-state index is 13.2. The zero-order valence-electron chi connectivity index (χ0n) is 23.6. The van der Waals surface area contributed by atoms with Gasteiger partial charge in [-0.15, -0.1) is 11.3 Å². The summed E-state index contributed by atoms with van der Waals surface area (Å²) in [7, 11) is -3.38. The first-order valence-electron chi connectivity index (χ1n) is 13.8. The molecule has 1 aliphatic heterocycles. The first-order valence-corrected chi connectivity index (χ1v) is 16.3. The zero-order chi connectivity index (χ0) is 30.0. The molecule has 1 N–H and O–H groups in total. The number of fused-ring (bicyclic) bond motifs is 1. The Morgan fingerprint density at radius 2 is 1.95 bits per heavy atom. The standard InChI is InChI=1S/C31H33F2N3O4S2/c1-4-42(38,39)24-14-11-22(25(16-24)21-7-5-6-8-21)15-27(37)34-31-35-28-26(41-31)18-36(29(28)19(2)3)17-20-9-12-23(13-10-20)40-30(32)33/h5,7-14,16,19,29-30H,4,6,15,17-18H2,1-3H3,(H,34,35,37)/t29-/m1/s1. The van der Waals surface area contributed by atoms with Gasteiger partial charge in [0.05, 0.1) is 28.8 Å². The molecule has 7 nitrogen and oxygen atoms in total. The molecule has 0 unspecified atom stereocenters. The minimum atomic E-state index is -3.38. The molecule has 0 saturated carbocycles. The molecule has 0 bridgehead atoms. The molecule has 11 heteroatoms. The summed E-state index contributed by atoms with van der Waals surface area (Å²) < 4.78 is 54.4. The van der Waals surface area contributed by atoms with Gasteiger partial charge in [0.15, 0.2) is 15.0 Å². The number of amides is 1. The number of anilines is 1. The average molecular weight is 614 g/mol. The highest BCUT2D eigenvalue weighted by Crippen LogP contribution is 2.43. The number of hydrogen-bond donors (Lipinski definition) is 1. The van der Waals surface area contributed by atoms with Crippen LogP contribution in [-0.4, -0.2) is 36.6 Å². The Kier molecular flexibility index (Phi) is 8.91. The molecule has 1 aromatic heterocycles. The van der Waals surface area contributed by atoms with Crippen LogP contribution in [0.25, 0.3) is 5.57 Å². The number of nitrogens with one attached hydrogen (secondary N) is 1. The van der Waals surface area contributed by atoms with E-state index in [4.69, 9.17) is 4.98 Å². The van der Waals surface area contributed by atoms with Crippen LogP contribution in [0.15, 0.2) is 65.6 Å². The number of nitrogens with zero attached hydrogens (tertiary/aromatic N) is 2. The second kappa shape index (κ2) is 12.4. The van der Waals surface area contributed by atoms with Crippen LogP contribution in [0.4, 0.5) is 13.9 Å². The predicted octanol–water partition coefficient (Wildman–Crippen LogP) is 6.78. The summed E-state index contributed by atoms with van der Waals surface area (Å²) in [5.74, 6) is 0.169. The van der Waals surface area contributed by atoms with E-state index >= 15 is 0 Å². The van der Waals surface area contributed by atoms with Crippen LogP contribution in [0.3, 0.4) is 0 Å². The van der Waals surface area contributed by atoms with Gasteiger partial charge in [-0.2, -0.15) is 8.78 Å². The number of ether oxygens (including phenoxy) is 1. The van der Waals surface area contributed by atoms with E-state index < -0.39 is 16.4 Å². The molecule has 0 fully saturated rings. The first-order chi connectivity index (χ1) is 20.0. The van der Waals surface area contributed by atoms with Crippen molar-refractivity contribution in [3.8, 4) is 5.75 Å². The van der Waals surface area contributed by atoms with E-state index in [9.17, 15) is 22.0 Å². The molecule has 3 aromatic rings. The van der Waals surface area contributed by atoms with E-state index in [1.54, 1.807) is 49.4 Å². The van der Waals surface area contributed by atoms with E-state index in [2.05, 4.69) is 28.8 Å². The topological polar surface area (TPSA) is 88.6 Å². The minimum Gasteiger partial charge on any atom is -0.435 e. The highest BCUT2D eigenvalue weighted by Gasteiger charge is 2.36. The van der Waals surface area contributed by atoms with Crippen molar-refractivity contribution >= 4 is 37.8 Å². The number of allylic oxidation sites excluding steroid dienone is 4. The molecule has 222 valence electrons. The zero-order valence-corrected chi connectivity index (χ0v) is 25.3. The Morgan fingerprint density at radius 1 is 1.19 bits per heavy atom. The Balaban J connectivity index is 1.29. The SMILES string of the molecule is CCS(=O)(=O)c1ccc(CC(=O)Nc2nc3c(s2)CN(Cc2ccc(OC(F)F)cc2)[C@@H]3C(C)C)c(C2=CCC=C2)c1. The number of aromatic nitrogens is 1. The van der Waals surface area contributed by atoms with Crippen molar-refractivity contribution in [1.82, 2.24) is 9.88 Å². The molecule has 1 atom stereocenters. The summed E-state index contributed by atoms with van der Waals surface area (Å²) >= 11 is 1.45. The van der Waals surface area contributed by atoms with Crippen molar-refractivity contribution in [2.75, 3.05) is 11.1 Å². The van der Waals surface area contributed by atoms with Gasteiger partial charge in [-0.05, 0) is 58.9 Å². The number of hydrogen-bond acceptors (Lipinski definition) is 7. The van der Waals surface area contributed by atoms with Crippen LogP contribution in [0.1, 0.15) is 60.5 Å². The van der Waals surface area contributed by atoms with Gasteiger partial charge >= 0.3 is 6.61 Å². The van der Waals surface area contributed by atoms with Gasteiger partial charge in [0.25, 0.3) is 0 Å². The van der Waals surface area contributed by atoms with Crippen LogP contribution in [-0.2, 0) is 34.1 Å². The molecule has 0 radical (unpaired) electrons. The summed E-state index contributed by atoms with van der Waals surface area (Å²) in [4.78, 5) is 21.6. The van der Waals surface area contributed by atoms with E-state index in [0.29, 0.717) is 18.2 Å². The molecule has 2 heterocycles. The van der Waals surface area contributed by atoms with E-state index in [1.807, 2.05) is 18.2 Å². The Morgan fingerprint density at radius 3 is 2.60 bits per heavy atom. The van der Waals surface area contributed by atoms with Crippen LogP contribution in [0, 0.1) is 5.92 Å². The number of rotatable bonds is 11. The number of thiazole rings is 1. The minimum absolute atomic E-state index is 0.00716. The second-order valence-electron chi connectivity index (χ2n) is 10.7. The largest absolute Gasteiger partial charge is 0.435 e. The molecular weight excluding hydrogens is 580 g/mol. The maximum atomic E-state index is 13.2. The van der Waals surface area contributed by atoms with Crippen LogP contribution >= 0.6 is 11.3 Å². The van der Waals surface area contributed by atoms with Crippen molar-refractivity contribution in [3.05, 3.63) is 88.0 Å². The van der Waals surface area contributed by atoms with Crippen molar-refractivity contribution in [1.29, 1.82) is 0 Å². The van der Waals surface area contributed by atoms with Crippen molar-refractivity contribution in [2.45, 2.75) is 64.3 Å². The number of benzene rings is 2. The Hall–Kier alpha value is -3.41. The molecular formula is C31H33F2N3O4S2. The summed E-state index contributed by atoms with van der Waals surface area (Å²) in [6.07, 6.45) is 6.83. The molecule has 42 heavy (non-hydrogen) atoms. The number of sulfone groups is 1. The molecule has 1 amide bonds. The third kappa shape index (κ3) is 6.63. The predicted molar refractivity (Wildman–Crippen MR) is 160 cm³/mol. The van der Waals surface area contributed by atoms with Gasteiger partial charge in [0.2, 0.25) is 5.91 Å². The van der Waals surface area contributed by atoms with E-state index in [-0.39, 0.29) is 40.7 Å². The number of alkyl halides is 2. The van der Waals surface area contributed by atoms with Gasteiger partial charge in [0.1, 0.15) is 5.75 Å². The van der Waals surface area contributed by atoms with Crippen molar-refractivity contribution in [2.24, 2.45) is 5.92 Å². The molecule has 0 spiro atoms. The summed E-state index contributed by atoms with van der Waals surface area (Å²) in [5, 5.41) is 3.50. The summed E-state index contributed by atoms with van der Waals surface area (Å²) in [6.45, 7) is 4.30. The number of carbonyl (C=O) groups excluding carboxylic acids is 1. The van der Waals surface area contributed by atoms with Gasteiger partial charge < -0.3 is 10.1 Å². The van der Waals surface area contributed by atoms with Gasteiger partial charge in [-0.25, -0.2) is 13.4 Å². The van der Waals surface area contributed by atoms with E-state index in [0.717, 1.165) is 39.3 Å². The third-order valence-electron chi connectivity index (χ3n) is 7.41. The summed E-state index contributed by atoms with van der Waals surface area (Å²) in [6, 6.07) is 11.7. The lowest BCUT2D eigenvalue weighted by Crippen LogP contribution is -2.26. The Bertz CT molecular complexity index is 1630. The Labute approximate surface area is 248 Å². The molecule has 0 saturated heterocycles. The highest BCUT2D eigenvalue weighted by atomic mass is 32.2. The third-order valence-corrected chi connectivity index (χ3v) is 10.1. The smallest absolute Gasteiger partial charge is 0.387 e. The quantitative estimate of drug-likeness (QED) is 0.257. The fourth-order valence-corrected chi connectivity index (χ4v) is 7.40. The lowest BCUT2D eigenvalue weighted by Gasteiger charge is -2.27. The van der Waals surface area contributed by atoms with Crippen molar-refractivity contribution in [3.63, 3.8) is 0 Å². The average Bonchev–Trinajstić information content (AvgIpc) is 3.66. The first kappa shape index (κ1) is 30.1. The number of carbonyl (C=O) groups is 1. The monoisotopic (exact) mass is 613 g/mol. The van der Waals surface area contributed by atoms with Gasteiger partial charge in [-0.1, -0.05) is 57.2 Å². The van der Waals surface area contributed by atoms with E-state index in [1.165, 1.54) is 11.3 Å². The fourth-order valence-electron chi connectivity index (χ4n) is 5.45. The number of halogens is 2. The second-order valence-corrected chi connectivity index (χ2v) is 14.1. The van der Waals surface area contributed by atoms with Crippen LogP contribution < -0.4 is 10.1 Å². The van der Waals surface area contributed by atoms with Crippen LogP contribution in [0.2, 0.25) is 0 Å². The van der Waals surface area contributed by atoms with Gasteiger partial charge in [0, 0.05) is 18.0 Å². The molecule has 1 aliphatic carbocycles. The molecule has 2 aromatic carbocycles. The van der Waals surface area contributed by atoms with Crippen LogP contribution in [0.5, 0.6) is 5.75 Å². The lowest BCUT2D eigenvalue weighted by molar-refractivity contribution is -0.115. The van der Waals surface area contributed by atoms with Crippen molar-refractivity contribution < 1.29 is 26.7 Å². The summed E-state index contributed by atoms with van der Waals surface area (Å²) in [5.41, 5.74) is 4.33. The maximum Gasteiger partial charge on any atom is 0.387 e. The fraction of sp³-hybridized carbons (Fsp3) is 0.355. The van der Waals surface area contributed by atoms with Gasteiger partial charge in [-0.3, -0.25) is 9.69 Å².